The van der Waals surface area contributed by atoms with Gasteiger partial charge in [-0.15, -0.1) is 0 Å². The summed E-state index contributed by atoms with van der Waals surface area (Å²) in [7, 11) is 0. The van der Waals surface area contributed by atoms with Crippen LogP contribution < -0.4 is 9.47 Å². The summed E-state index contributed by atoms with van der Waals surface area (Å²) in [6, 6.07) is 15.5. The zero-order chi connectivity index (χ0) is 21.7. The van der Waals surface area contributed by atoms with E-state index in [-0.39, 0.29) is 0 Å². The first-order valence-corrected chi connectivity index (χ1v) is 11.4. The smallest absolute Gasteiger partial charge is 0.175 e. The lowest BCUT2D eigenvalue weighted by molar-refractivity contribution is 0.267. The van der Waals surface area contributed by atoms with Gasteiger partial charge < -0.3 is 9.47 Å². The highest BCUT2D eigenvalue weighted by Crippen LogP contribution is 2.35. The van der Waals surface area contributed by atoms with E-state index in [9.17, 15) is 0 Å². The first-order chi connectivity index (χ1) is 14.4. The molecule has 0 aliphatic carbocycles. The number of halogens is 3. The van der Waals surface area contributed by atoms with E-state index in [0.29, 0.717) is 34.8 Å². The van der Waals surface area contributed by atoms with Crippen molar-refractivity contribution in [3.8, 4) is 11.5 Å². The normalized spacial score (nSPS) is 11.1. The van der Waals surface area contributed by atoms with E-state index in [1.54, 1.807) is 12.1 Å². The molecule has 3 rings (SSSR count). The van der Waals surface area contributed by atoms with Gasteiger partial charge in [0.1, 0.15) is 6.61 Å². The van der Waals surface area contributed by atoms with Crippen LogP contribution in [0.1, 0.15) is 29.2 Å². The minimum atomic E-state index is 0.321. The first kappa shape index (κ1) is 22.9. The van der Waals surface area contributed by atoms with E-state index in [1.807, 2.05) is 43.5 Å². The molecule has 0 radical (unpaired) electrons. The largest absolute Gasteiger partial charge is 0.490 e. The predicted octanol–water partition coefficient (Wildman–Crippen LogP) is 7.94. The summed E-state index contributed by atoms with van der Waals surface area (Å²) in [5.41, 5.74) is 5.16. The Balaban J connectivity index is 1.86. The summed E-state index contributed by atoms with van der Waals surface area (Å²) in [6.45, 7) is 6.97. The molecule has 156 valence electrons. The SMILES string of the molecule is CCOc1cc(C=Nc2cccc(C)c2C)cc(I)c1OCc1ccc(Cl)cc1Cl. The van der Waals surface area contributed by atoms with Gasteiger partial charge in [0, 0.05) is 21.8 Å². The number of hydrogen-bond acceptors (Lipinski definition) is 3. The van der Waals surface area contributed by atoms with Gasteiger partial charge in [-0.1, -0.05) is 41.4 Å². The van der Waals surface area contributed by atoms with Crippen molar-refractivity contribution in [1.29, 1.82) is 0 Å². The van der Waals surface area contributed by atoms with Crippen molar-refractivity contribution in [2.24, 2.45) is 4.99 Å². The topological polar surface area (TPSA) is 30.8 Å². The summed E-state index contributed by atoms with van der Waals surface area (Å²) in [4.78, 5) is 4.67. The van der Waals surface area contributed by atoms with Gasteiger partial charge in [-0.3, -0.25) is 4.99 Å². The quantitative estimate of drug-likeness (QED) is 0.219. The molecule has 0 aliphatic rings. The fourth-order valence-electron chi connectivity index (χ4n) is 2.87. The second kappa shape index (κ2) is 10.5. The lowest BCUT2D eigenvalue weighted by Crippen LogP contribution is -2.03. The number of hydrogen-bond donors (Lipinski definition) is 0. The monoisotopic (exact) mass is 553 g/mol. The lowest BCUT2D eigenvalue weighted by Gasteiger charge is -2.15. The van der Waals surface area contributed by atoms with Crippen LogP contribution in [0.3, 0.4) is 0 Å². The Morgan fingerprint density at radius 1 is 1.03 bits per heavy atom. The number of ether oxygens (including phenoxy) is 2. The van der Waals surface area contributed by atoms with Gasteiger partial charge in [0.05, 0.1) is 15.9 Å². The van der Waals surface area contributed by atoms with Gasteiger partial charge in [-0.05, 0) is 90.4 Å². The zero-order valence-electron chi connectivity index (χ0n) is 17.0. The van der Waals surface area contributed by atoms with Gasteiger partial charge in [-0.2, -0.15) is 0 Å². The van der Waals surface area contributed by atoms with Crippen molar-refractivity contribution in [2.75, 3.05) is 6.61 Å². The number of nitrogens with zero attached hydrogens (tertiary/aromatic N) is 1. The highest BCUT2D eigenvalue weighted by atomic mass is 127. The lowest BCUT2D eigenvalue weighted by atomic mass is 10.1. The first-order valence-electron chi connectivity index (χ1n) is 9.52. The van der Waals surface area contributed by atoms with E-state index in [0.717, 1.165) is 20.4 Å². The Morgan fingerprint density at radius 2 is 1.83 bits per heavy atom. The van der Waals surface area contributed by atoms with E-state index in [1.165, 1.54) is 11.1 Å². The molecule has 30 heavy (non-hydrogen) atoms. The molecule has 3 aromatic rings. The van der Waals surface area contributed by atoms with Crippen molar-refractivity contribution >= 4 is 57.7 Å². The number of aryl methyl sites for hydroxylation is 1. The van der Waals surface area contributed by atoms with Gasteiger partial charge in [0.25, 0.3) is 0 Å². The van der Waals surface area contributed by atoms with Crippen molar-refractivity contribution < 1.29 is 9.47 Å². The minimum absolute atomic E-state index is 0.321. The van der Waals surface area contributed by atoms with Crippen LogP contribution in [-0.2, 0) is 6.61 Å². The van der Waals surface area contributed by atoms with E-state index in [4.69, 9.17) is 32.7 Å². The van der Waals surface area contributed by atoms with E-state index < -0.39 is 0 Å². The second-order valence-electron chi connectivity index (χ2n) is 6.76. The summed E-state index contributed by atoms with van der Waals surface area (Å²) in [5, 5.41) is 1.17. The van der Waals surface area contributed by atoms with E-state index in [2.05, 4.69) is 47.5 Å². The molecule has 3 nitrogen and oxygen atoms in total. The van der Waals surface area contributed by atoms with Crippen LogP contribution >= 0.6 is 45.8 Å². The maximum Gasteiger partial charge on any atom is 0.175 e. The molecule has 0 spiro atoms. The number of aliphatic imine (C=N–C) groups is 1. The Hall–Kier alpha value is -1.76. The van der Waals surface area contributed by atoms with Crippen LogP contribution in [0.25, 0.3) is 0 Å². The molecule has 0 saturated heterocycles. The van der Waals surface area contributed by atoms with Crippen LogP contribution in [0.5, 0.6) is 11.5 Å². The third-order valence-corrected chi connectivity index (χ3v) is 6.04. The molecule has 0 aliphatic heterocycles. The third kappa shape index (κ3) is 5.68. The second-order valence-corrected chi connectivity index (χ2v) is 8.77. The predicted molar refractivity (Wildman–Crippen MR) is 134 cm³/mol. The maximum atomic E-state index is 6.27. The zero-order valence-corrected chi connectivity index (χ0v) is 20.7. The molecule has 0 bridgehead atoms. The summed E-state index contributed by atoms with van der Waals surface area (Å²) in [6.07, 6.45) is 1.85. The molecule has 3 aromatic carbocycles. The van der Waals surface area contributed by atoms with Gasteiger partial charge in [0.15, 0.2) is 11.5 Å². The number of benzene rings is 3. The molecule has 0 saturated carbocycles. The molecule has 0 N–H and O–H groups in total. The van der Waals surface area contributed by atoms with Crippen LogP contribution in [0.15, 0.2) is 53.5 Å². The molecule has 0 fully saturated rings. The van der Waals surface area contributed by atoms with Crippen LogP contribution in [0.2, 0.25) is 10.0 Å². The number of rotatable bonds is 7. The molecule has 6 heteroatoms. The third-order valence-electron chi connectivity index (χ3n) is 4.65. The van der Waals surface area contributed by atoms with Gasteiger partial charge in [-0.25, -0.2) is 0 Å². The Kier molecular flexibility index (Phi) is 8.03. The van der Waals surface area contributed by atoms with E-state index >= 15 is 0 Å². The minimum Gasteiger partial charge on any atom is -0.490 e. The van der Waals surface area contributed by atoms with Crippen molar-refractivity contribution in [3.05, 3.63) is 84.4 Å². The average Bonchev–Trinajstić information content (AvgIpc) is 2.70. The maximum absolute atomic E-state index is 6.27. The molecule has 0 amide bonds. The molecule has 0 atom stereocenters. The van der Waals surface area contributed by atoms with Crippen LogP contribution in [0.4, 0.5) is 5.69 Å². The summed E-state index contributed by atoms with van der Waals surface area (Å²) in [5.74, 6) is 1.37. The Morgan fingerprint density at radius 3 is 2.57 bits per heavy atom. The fourth-order valence-corrected chi connectivity index (χ4v) is 4.12. The summed E-state index contributed by atoms with van der Waals surface area (Å²) >= 11 is 14.5. The van der Waals surface area contributed by atoms with Gasteiger partial charge >= 0.3 is 0 Å². The molecule has 0 heterocycles. The van der Waals surface area contributed by atoms with Crippen molar-refractivity contribution in [2.45, 2.75) is 27.4 Å². The van der Waals surface area contributed by atoms with Crippen LogP contribution in [-0.4, -0.2) is 12.8 Å². The fraction of sp³-hybridized carbons (Fsp3) is 0.208. The van der Waals surface area contributed by atoms with Crippen LogP contribution in [0, 0.1) is 17.4 Å². The summed E-state index contributed by atoms with van der Waals surface area (Å²) < 4.78 is 12.9. The Labute approximate surface area is 201 Å². The molecule has 0 aromatic heterocycles. The molecular formula is C24H22Cl2INO2. The van der Waals surface area contributed by atoms with Crippen molar-refractivity contribution in [1.82, 2.24) is 0 Å². The highest BCUT2D eigenvalue weighted by Gasteiger charge is 2.13. The average molecular weight is 554 g/mol. The standard InChI is InChI=1S/C24H22Cl2INO2/c1-4-29-23-11-17(13-28-22-7-5-6-15(2)16(22)3)10-21(27)24(23)30-14-18-8-9-19(25)12-20(18)26/h5-13H,4,14H2,1-3H3. The van der Waals surface area contributed by atoms with Crippen molar-refractivity contribution in [3.63, 3.8) is 0 Å². The Bertz CT molecular complexity index is 1080. The van der Waals surface area contributed by atoms with Gasteiger partial charge in [0.2, 0.25) is 0 Å². The molecular weight excluding hydrogens is 532 g/mol. The molecule has 0 unspecified atom stereocenters. The highest BCUT2D eigenvalue weighted by molar-refractivity contribution is 14.1.